The lowest BCUT2D eigenvalue weighted by atomic mass is 10.1. The van der Waals surface area contributed by atoms with E-state index in [0.717, 1.165) is 11.1 Å². The molecule has 0 aliphatic rings. The number of carbonyl (C=O) groups excluding carboxylic acids is 1. The van der Waals surface area contributed by atoms with Gasteiger partial charge in [0.25, 0.3) is 5.89 Å². The first-order valence-electron chi connectivity index (χ1n) is 8.67. The van der Waals surface area contributed by atoms with Crippen LogP contribution in [0.3, 0.4) is 0 Å². The van der Waals surface area contributed by atoms with E-state index in [9.17, 15) is 4.79 Å². The second-order valence-electron chi connectivity index (χ2n) is 6.17. The van der Waals surface area contributed by atoms with Gasteiger partial charge < -0.3 is 14.6 Å². The van der Waals surface area contributed by atoms with E-state index < -0.39 is 0 Å². The van der Waals surface area contributed by atoms with E-state index >= 15 is 0 Å². The van der Waals surface area contributed by atoms with Gasteiger partial charge in [0.2, 0.25) is 5.91 Å². The highest BCUT2D eigenvalue weighted by Gasteiger charge is 2.13. The van der Waals surface area contributed by atoms with Gasteiger partial charge in [-0.25, -0.2) is 0 Å². The number of carbonyl (C=O) groups is 1. The topological polar surface area (TPSA) is 107 Å². The number of amides is 1. The molecule has 9 heteroatoms. The zero-order valence-electron chi connectivity index (χ0n) is 15.4. The van der Waals surface area contributed by atoms with E-state index in [1.54, 1.807) is 24.5 Å². The SMILES string of the molecule is COc1ccccc1CC(=O)NCc1nnc2cc(-c3nc(C)no3)ccn12. The third-order valence-corrected chi connectivity index (χ3v) is 4.24. The molecular weight excluding hydrogens is 360 g/mol. The van der Waals surface area contributed by atoms with Crippen molar-refractivity contribution >= 4 is 11.6 Å². The summed E-state index contributed by atoms with van der Waals surface area (Å²) >= 11 is 0. The number of para-hydroxylation sites is 1. The smallest absolute Gasteiger partial charge is 0.258 e. The first-order valence-corrected chi connectivity index (χ1v) is 8.67. The van der Waals surface area contributed by atoms with Gasteiger partial charge in [-0.2, -0.15) is 4.98 Å². The van der Waals surface area contributed by atoms with Crippen LogP contribution in [0, 0.1) is 6.92 Å². The van der Waals surface area contributed by atoms with E-state index in [2.05, 4.69) is 25.7 Å². The summed E-state index contributed by atoms with van der Waals surface area (Å²) in [7, 11) is 1.59. The summed E-state index contributed by atoms with van der Waals surface area (Å²) in [5.74, 6) is 2.18. The summed E-state index contributed by atoms with van der Waals surface area (Å²) in [4.78, 5) is 16.5. The minimum atomic E-state index is -0.126. The van der Waals surface area contributed by atoms with Crippen LogP contribution in [0.5, 0.6) is 5.75 Å². The van der Waals surface area contributed by atoms with Gasteiger partial charge in [0.1, 0.15) is 5.75 Å². The van der Waals surface area contributed by atoms with Gasteiger partial charge in [0.15, 0.2) is 17.3 Å². The van der Waals surface area contributed by atoms with E-state index in [-0.39, 0.29) is 18.9 Å². The summed E-state index contributed by atoms with van der Waals surface area (Å²) in [6.45, 7) is 2.02. The molecule has 4 rings (SSSR count). The Hall–Kier alpha value is -3.75. The first-order chi connectivity index (χ1) is 13.6. The number of nitrogens with one attached hydrogen (secondary N) is 1. The maximum absolute atomic E-state index is 12.3. The van der Waals surface area contributed by atoms with Crippen molar-refractivity contribution in [1.29, 1.82) is 0 Å². The largest absolute Gasteiger partial charge is 0.496 e. The zero-order chi connectivity index (χ0) is 19.5. The number of nitrogens with zero attached hydrogens (tertiary/aromatic N) is 5. The predicted octanol–water partition coefficient (Wildman–Crippen LogP) is 1.96. The highest BCUT2D eigenvalue weighted by molar-refractivity contribution is 5.79. The third kappa shape index (κ3) is 3.54. The molecule has 0 radical (unpaired) electrons. The summed E-state index contributed by atoms with van der Waals surface area (Å²) in [5, 5.41) is 15.0. The summed E-state index contributed by atoms with van der Waals surface area (Å²) in [6, 6.07) is 11.1. The number of rotatable bonds is 6. The molecule has 3 heterocycles. The van der Waals surface area contributed by atoms with Gasteiger partial charge in [-0.05, 0) is 25.1 Å². The van der Waals surface area contributed by atoms with E-state index in [4.69, 9.17) is 9.26 Å². The van der Waals surface area contributed by atoms with Crippen LogP contribution < -0.4 is 10.1 Å². The Kier molecular flexibility index (Phi) is 4.71. The van der Waals surface area contributed by atoms with E-state index in [1.165, 1.54) is 0 Å². The van der Waals surface area contributed by atoms with Gasteiger partial charge in [0, 0.05) is 17.3 Å². The fraction of sp³-hybridized carbons (Fsp3) is 0.211. The molecule has 28 heavy (non-hydrogen) atoms. The van der Waals surface area contributed by atoms with Crippen molar-refractivity contribution in [3.63, 3.8) is 0 Å². The molecule has 0 atom stereocenters. The minimum absolute atomic E-state index is 0.126. The Morgan fingerprint density at radius 1 is 1.25 bits per heavy atom. The highest BCUT2D eigenvalue weighted by Crippen LogP contribution is 2.19. The van der Waals surface area contributed by atoms with Crippen molar-refractivity contribution in [1.82, 2.24) is 30.1 Å². The molecule has 0 saturated heterocycles. The Bertz CT molecular complexity index is 1130. The number of fused-ring (bicyclic) bond motifs is 1. The van der Waals surface area contributed by atoms with Crippen LogP contribution in [0.15, 0.2) is 47.1 Å². The Morgan fingerprint density at radius 2 is 2.11 bits per heavy atom. The molecule has 0 saturated carbocycles. The molecule has 0 bridgehead atoms. The number of aromatic nitrogens is 5. The number of benzene rings is 1. The van der Waals surface area contributed by atoms with Crippen molar-refractivity contribution < 1.29 is 14.1 Å². The van der Waals surface area contributed by atoms with Gasteiger partial charge in [-0.3, -0.25) is 9.20 Å². The number of methoxy groups -OCH3 is 1. The zero-order valence-corrected chi connectivity index (χ0v) is 15.4. The summed E-state index contributed by atoms with van der Waals surface area (Å²) < 4.78 is 12.3. The molecule has 4 aromatic rings. The Labute approximate surface area is 160 Å². The number of hydrogen-bond donors (Lipinski definition) is 1. The standard InChI is InChI=1S/C19H18N6O3/c1-12-21-19(28-24-12)14-7-8-25-16(9-14)22-23-17(25)11-20-18(26)10-13-5-3-4-6-15(13)27-2/h3-9H,10-11H2,1-2H3,(H,20,26). The van der Waals surface area contributed by atoms with Crippen molar-refractivity contribution in [2.45, 2.75) is 19.9 Å². The molecule has 0 fully saturated rings. The third-order valence-electron chi connectivity index (χ3n) is 4.24. The average Bonchev–Trinajstić information content (AvgIpc) is 3.32. The van der Waals surface area contributed by atoms with Crippen LogP contribution in [0.2, 0.25) is 0 Å². The second-order valence-corrected chi connectivity index (χ2v) is 6.17. The molecule has 3 aromatic heterocycles. The van der Waals surface area contributed by atoms with Gasteiger partial charge >= 0.3 is 0 Å². The Balaban J connectivity index is 1.45. The maximum Gasteiger partial charge on any atom is 0.258 e. The maximum atomic E-state index is 12.3. The molecule has 142 valence electrons. The molecule has 0 aliphatic carbocycles. The molecule has 0 aliphatic heterocycles. The average molecular weight is 378 g/mol. The quantitative estimate of drug-likeness (QED) is 0.546. The normalized spacial score (nSPS) is 10.9. The van der Waals surface area contributed by atoms with Crippen molar-refractivity contribution in [3.05, 3.63) is 59.8 Å². The number of hydrogen-bond acceptors (Lipinski definition) is 7. The molecule has 1 amide bonds. The van der Waals surface area contributed by atoms with Crippen molar-refractivity contribution in [2.75, 3.05) is 7.11 Å². The number of ether oxygens (including phenoxy) is 1. The first kappa shape index (κ1) is 17.7. The monoisotopic (exact) mass is 378 g/mol. The lowest BCUT2D eigenvalue weighted by Crippen LogP contribution is -2.25. The van der Waals surface area contributed by atoms with E-state index in [0.29, 0.717) is 28.9 Å². The van der Waals surface area contributed by atoms with Gasteiger partial charge in [-0.1, -0.05) is 23.4 Å². The molecule has 9 nitrogen and oxygen atoms in total. The van der Waals surface area contributed by atoms with Crippen LogP contribution in [-0.4, -0.2) is 37.8 Å². The fourth-order valence-electron chi connectivity index (χ4n) is 2.87. The van der Waals surface area contributed by atoms with Crippen LogP contribution in [0.4, 0.5) is 0 Å². The lowest BCUT2D eigenvalue weighted by Gasteiger charge is -2.08. The van der Waals surface area contributed by atoms with Crippen molar-refractivity contribution in [3.8, 4) is 17.2 Å². The van der Waals surface area contributed by atoms with Crippen molar-refractivity contribution in [2.24, 2.45) is 0 Å². The molecular formula is C19H18N6O3. The summed E-state index contributed by atoms with van der Waals surface area (Å²) in [5.41, 5.74) is 2.21. The molecule has 0 spiro atoms. The molecule has 1 N–H and O–H groups in total. The van der Waals surface area contributed by atoms with Crippen LogP contribution in [0.1, 0.15) is 17.2 Å². The fourth-order valence-corrected chi connectivity index (χ4v) is 2.87. The number of pyridine rings is 1. The lowest BCUT2D eigenvalue weighted by molar-refractivity contribution is -0.120. The van der Waals surface area contributed by atoms with Crippen LogP contribution in [-0.2, 0) is 17.8 Å². The Morgan fingerprint density at radius 3 is 2.89 bits per heavy atom. The van der Waals surface area contributed by atoms with Crippen LogP contribution in [0.25, 0.3) is 17.1 Å². The predicted molar refractivity (Wildman–Crippen MR) is 99.6 cm³/mol. The van der Waals surface area contributed by atoms with E-state index in [1.807, 2.05) is 36.5 Å². The second kappa shape index (κ2) is 7.47. The minimum Gasteiger partial charge on any atom is -0.496 e. The molecule has 0 unspecified atom stereocenters. The summed E-state index contributed by atoms with van der Waals surface area (Å²) in [6.07, 6.45) is 2.04. The molecule has 1 aromatic carbocycles. The highest BCUT2D eigenvalue weighted by atomic mass is 16.5. The number of aryl methyl sites for hydroxylation is 1. The van der Waals surface area contributed by atoms with Crippen LogP contribution >= 0.6 is 0 Å². The van der Waals surface area contributed by atoms with Gasteiger partial charge in [0.05, 0.1) is 20.1 Å². The van der Waals surface area contributed by atoms with Gasteiger partial charge in [-0.15, -0.1) is 10.2 Å².